The predicted molar refractivity (Wildman–Crippen MR) is 76.6 cm³/mol. The van der Waals surface area contributed by atoms with Crippen LogP contribution in [0.1, 0.15) is 66.2 Å². The van der Waals surface area contributed by atoms with E-state index in [1.807, 2.05) is 0 Å². The van der Waals surface area contributed by atoms with Crippen LogP contribution in [0.4, 0.5) is 0 Å². The monoisotopic (exact) mass is 253 g/mol. The van der Waals surface area contributed by atoms with Gasteiger partial charge in [0.05, 0.1) is 0 Å². The molecule has 2 fully saturated rings. The Balaban J connectivity index is 1.96. The van der Waals surface area contributed by atoms with Crippen LogP contribution in [0.3, 0.4) is 0 Å². The molecule has 0 amide bonds. The van der Waals surface area contributed by atoms with Gasteiger partial charge in [-0.2, -0.15) is 0 Å². The fourth-order valence-electron chi connectivity index (χ4n) is 4.58. The van der Waals surface area contributed by atoms with E-state index in [1.54, 1.807) is 0 Å². The number of hydrogen-bond donors (Lipinski definition) is 2. The van der Waals surface area contributed by atoms with E-state index in [4.69, 9.17) is 0 Å². The van der Waals surface area contributed by atoms with Gasteiger partial charge in [-0.25, -0.2) is 0 Å². The minimum atomic E-state index is 0.278. The normalized spacial score (nSPS) is 36.5. The van der Waals surface area contributed by atoms with Gasteiger partial charge in [0, 0.05) is 17.7 Å². The summed E-state index contributed by atoms with van der Waals surface area (Å²) in [6.07, 6.45) is 7.78. The zero-order valence-corrected chi connectivity index (χ0v) is 12.6. The molecule has 1 saturated heterocycles. The van der Waals surface area contributed by atoms with Crippen LogP contribution >= 0.6 is 0 Å². The van der Waals surface area contributed by atoms with Gasteiger partial charge in [0.1, 0.15) is 0 Å². The number of rotatable bonds is 2. The summed E-state index contributed by atoms with van der Waals surface area (Å²) >= 11 is 0. The molecule has 2 nitrogen and oxygen atoms in total. The first-order chi connectivity index (χ1) is 8.31. The highest BCUT2D eigenvalue weighted by atomic mass is 16.3. The van der Waals surface area contributed by atoms with Crippen molar-refractivity contribution in [3.63, 3.8) is 0 Å². The summed E-state index contributed by atoms with van der Waals surface area (Å²) < 4.78 is 0. The molecule has 0 unspecified atom stereocenters. The van der Waals surface area contributed by atoms with Crippen molar-refractivity contribution in [2.75, 3.05) is 6.61 Å². The topological polar surface area (TPSA) is 32.3 Å². The Bertz CT molecular complexity index is 261. The highest BCUT2D eigenvalue weighted by molar-refractivity contribution is 4.98. The van der Waals surface area contributed by atoms with Crippen molar-refractivity contribution >= 4 is 0 Å². The fourth-order valence-corrected chi connectivity index (χ4v) is 4.58. The van der Waals surface area contributed by atoms with Crippen LogP contribution < -0.4 is 5.32 Å². The average Bonchev–Trinajstić information content (AvgIpc) is 2.25. The quantitative estimate of drug-likeness (QED) is 0.791. The van der Waals surface area contributed by atoms with E-state index in [0.29, 0.717) is 12.5 Å². The van der Waals surface area contributed by atoms with Crippen molar-refractivity contribution < 1.29 is 5.11 Å². The Morgan fingerprint density at radius 2 is 1.39 bits per heavy atom. The summed E-state index contributed by atoms with van der Waals surface area (Å²) in [4.78, 5) is 0. The Morgan fingerprint density at radius 3 is 1.83 bits per heavy atom. The van der Waals surface area contributed by atoms with Gasteiger partial charge < -0.3 is 10.4 Å². The van der Waals surface area contributed by atoms with E-state index in [2.05, 4.69) is 33.0 Å². The third kappa shape index (κ3) is 3.48. The van der Waals surface area contributed by atoms with Gasteiger partial charge in [0.2, 0.25) is 0 Å². The second kappa shape index (κ2) is 5.13. The highest BCUT2D eigenvalue weighted by Crippen LogP contribution is 2.43. The predicted octanol–water partition coefficient (Wildman–Crippen LogP) is 3.34. The van der Waals surface area contributed by atoms with Crippen LogP contribution in [0.25, 0.3) is 0 Å². The molecule has 2 aliphatic rings. The van der Waals surface area contributed by atoms with Crippen LogP contribution in [0.2, 0.25) is 0 Å². The molecule has 0 radical (unpaired) electrons. The van der Waals surface area contributed by atoms with Crippen LogP contribution in [-0.4, -0.2) is 22.8 Å². The van der Waals surface area contributed by atoms with Crippen LogP contribution in [0.15, 0.2) is 0 Å². The van der Waals surface area contributed by atoms with Gasteiger partial charge in [-0.1, -0.05) is 0 Å². The van der Waals surface area contributed by atoms with E-state index in [1.165, 1.54) is 38.5 Å². The van der Waals surface area contributed by atoms with E-state index in [0.717, 1.165) is 11.8 Å². The number of nitrogens with one attached hydrogen (secondary N) is 1. The molecule has 1 aliphatic heterocycles. The summed E-state index contributed by atoms with van der Waals surface area (Å²) in [5.41, 5.74) is 0.556. The Morgan fingerprint density at radius 1 is 0.889 bits per heavy atom. The van der Waals surface area contributed by atoms with Crippen LogP contribution in [0, 0.1) is 17.8 Å². The van der Waals surface area contributed by atoms with Crippen molar-refractivity contribution in [2.24, 2.45) is 17.8 Å². The maximum Gasteiger partial charge on any atom is 0.0459 e. The lowest BCUT2D eigenvalue weighted by molar-refractivity contribution is 0.0626. The first kappa shape index (κ1) is 14.3. The van der Waals surface area contributed by atoms with Crippen molar-refractivity contribution in [2.45, 2.75) is 77.3 Å². The number of aliphatic hydroxyl groups excluding tert-OH is 1. The summed E-state index contributed by atoms with van der Waals surface area (Å²) in [5, 5.41) is 13.0. The summed E-state index contributed by atoms with van der Waals surface area (Å²) in [7, 11) is 0. The van der Waals surface area contributed by atoms with E-state index >= 15 is 0 Å². The second-order valence-corrected chi connectivity index (χ2v) is 8.02. The van der Waals surface area contributed by atoms with E-state index in [-0.39, 0.29) is 11.1 Å². The molecule has 2 heteroatoms. The van der Waals surface area contributed by atoms with Gasteiger partial charge in [-0.15, -0.1) is 0 Å². The maximum absolute atomic E-state index is 9.24. The smallest absolute Gasteiger partial charge is 0.0459 e. The lowest BCUT2D eigenvalue weighted by Crippen LogP contribution is -2.58. The Hall–Kier alpha value is -0.0800. The highest BCUT2D eigenvalue weighted by Gasteiger charge is 2.41. The van der Waals surface area contributed by atoms with Crippen molar-refractivity contribution in [1.29, 1.82) is 0 Å². The maximum atomic E-state index is 9.24. The molecule has 0 aromatic carbocycles. The molecule has 0 aromatic rings. The molecule has 18 heavy (non-hydrogen) atoms. The van der Waals surface area contributed by atoms with Crippen molar-refractivity contribution in [3.8, 4) is 0 Å². The number of piperidine rings is 1. The zero-order chi connectivity index (χ0) is 13.4. The molecule has 0 spiro atoms. The third-order valence-electron chi connectivity index (χ3n) is 5.04. The fraction of sp³-hybridized carbons (Fsp3) is 1.00. The van der Waals surface area contributed by atoms with Gasteiger partial charge in [0.25, 0.3) is 0 Å². The van der Waals surface area contributed by atoms with Gasteiger partial charge in [-0.3, -0.25) is 0 Å². The summed E-state index contributed by atoms with van der Waals surface area (Å²) in [6, 6.07) is 0. The molecule has 1 heterocycles. The lowest BCUT2D eigenvalue weighted by Gasteiger charge is -2.49. The van der Waals surface area contributed by atoms with E-state index < -0.39 is 0 Å². The third-order valence-corrected chi connectivity index (χ3v) is 5.04. The molecule has 2 N–H and O–H groups in total. The molecule has 0 aromatic heterocycles. The molecule has 1 saturated carbocycles. The SMILES string of the molecule is CC1(C)CC(C2CCC(CO)CC2)CC(C)(C)N1. The first-order valence-electron chi connectivity index (χ1n) is 7.71. The standard InChI is InChI=1S/C16H31NO/c1-15(2)9-14(10-16(3,4)17-15)13-7-5-12(11-18)6-8-13/h12-14,17-18H,5-11H2,1-4H3. The van der Waals surface area contributed by atoms with Crippen molar-refractivity contribution in [3.05, 3.63) is 0 Å². The molecule has 106 valence electrons. The minimum Gasteiger partial charge on any atom is -0.396 e. The van der Waals surface area contributed by atoms with Gasteiger partial charge in [-0.05, 0) is 84.0 Å². The molecular weight excluding hydrogens is 222 g/mol. The average molecular weight is 253 g/mol. The Labute approximate surface area is 113 Å². The van der Waals surface area contributed by atoms with Gasteiger partial charge >= 0.3 is 0 Å². The summed E-state index contributed by atoms with van der Waals surface area (Å²) in [5.74, 6) is 2.35. The number of hydrogen-bond acceptors (Lipinski definition) is 2. The minimum absolute atomic E-state index is 0.278. The molecule has 0 bridgehead atoms. The molecule has 2 rings (SSSR count). The molecule has 0 atom stereocenters. The first-order valence-corrected chi connectivity index (χ1v) is 7.71. The largest absolute Gasteiger partial charge is 0.396 e. The summed E-state index contributed by atoms with van der Waals surface area (Å²) in [6.45, 7) is 9.79. The number of aliphatic hydroxyl groups is 1. The second-order valence-electron chi connectivity index (χ2n) is 8.02. The Kier molecular flexibility index (Phi) is 4.08. The van der Waals surface area contributed by atoms with E-state index in [9.17, 15) is 5.11 Å². The molecule has 1 aliphatic carbocycles. The van der Waals surface area contributed by atoms with Crippen LogP contribution in [-0.2, 0) is 0 Å². The van der Waals surface area contributed by atoms with Crippen LogP contribution in [0.5, 0.6) is 0 Å². The lowest BCUT2D eigenvalue weighted by atomic mass is 9.66. The van der Waals surface area contributed by atoms with Crippen molar-refractivity contribution in [1.82, 2.24) is 5.32 Å². The zero-order valence-electron chi connectivity index (χ0n) is 12.6. The molecular formula is C16H31NO. The van der Waals surface area contributed by atoms with Gasteiger partial charge in [0.15, 0.2) is 0 Å².